The van der Waals surface area contributed by atoms with Crippen LogP contribution < -0.4 is 0 Å². The number of rotatable bonds is 0. The second-order valence-electron chi connectivity index (χ2n) is 3.32. The lowest BCUT2D eigenvalue weighted by Gasteiger charge is -1.90. The van der Waals surface area contributed by atoms with Crippen molar-refractivity contribution >= 4 is 31.5 Å². The zero-order valence-electron chi connectivity index (χ0n) is 7.60. The maximum atomic E-state index is 2.25. The van der Waals surface area contributed by atoms with E-state index in [9.17, 15) is 0 Å². The van der Waals surface area contributed by atoms with Gasteiger partial charge < -0.3 is 0 Å². The molecule has 0 atom stereocenters. The highest BCUT2D eigenvalue weighted by Crippen LogP contribution is 2.27. The topological polar surface area (TPSA) is 0 Å². The predicted molar refractivity (Wildman–Crippen MR) is 63.7 cm³/mol. The van der Waals surface area contributed by atoms with Crippen LogP contribution in [-0.2, 0) is 0 Å². The first-order valence-corrected chi connectivity index (χ1v) is 5.46. The van der Waals surface area contributed by atoms with Crippen LogP contribution in [0.2, 0.25) is 0 Å². The minimum absolute atomic E-state index is 1.33. The largest absolute Gasteiger partial charge is 0.238 e. The zero-order valence-corrected chi connectivity index (χ0v) is 8.42. The predicted octanol–water partition coefficient (Wildman–Crippen LogP) is 4.34. The molecule has 2 aromatic carbocycles. The van der Waals surface area contributed by atoms with Crippen LogP contribution in [-0.4, -0.2) is 0 Å². The standard InChI is InChI=1S/C13H9S/c1-3-7-12-10(5-1)9-11-6-2-4-8-13(11)14-12/h1-9H/q+1. The van der Waals surface area contributed by atoms with E-state index in [1.54, 1.807) is 0 Å². The summed E-state index contributed by atoms with van der Waals surface area (Å²) in [7, 11) is 0. The van der Waals surface area contributed by atoms with Crippen LogP contribution in [0.15, 0.2) is 54.6 Å². The number of hydrogen-bond acceptors (Lipinski definition) is 0. The molecule has 3 aromatic rings. The van der Waals surface area contributed by atoms with Gasteiger partial charge in [-0.2, -0.15) is 0 Å². The Morgan fingerprint density at radius 3 is 1.71 bits per heavy atom. The molecule has 0 aliphatic heterocycles. The fourth-order valence-corrected chi connectivity index (χ4v) is 2.69. The summed E-state index contributed by atoms with van der Waals surface area (Å²) in [5.74, 6) is 0. The van der Waals surface area contributed by atoms with E-state index in [1.807, 2.05) is 11.3 Å². The molecule has 0 bridgehead atoms. The summed E-state index contributed by atoms with van der Waals surface area (Å²) in [5, 5.41) is 2.66. The van der Waals surface area contributed by atoms with Crippen molar-refractivity contribution in [3.8, 4) is 0 Å². The Balaban J connectivity index is 2.52. The first kappa shape index (κ1) is 7.89. The first-order valence-electron chi connectivity index (χ1n) is 4.64. The SMILES string of the molecule is c1ccc2[s+]c3ccccc3cc2c1. The Labute approximate surface area is 86.4 Å². The van der Waals surface area contributed by atoms with Crippen molar-refractivity contribution in [1.82, 2.24) is 0 Å². The van der Waals surface area contributed by atoms with Crippen LogP contribution in [0.1, 0.15) is 0 Å². The molecule has 0 aliphatic carbocycles. The molecular weight excluding hydrogens is 188 g/mol. The lowest BCUT2D eigenvalue weighted by molar-refractivity contribution is 1.82. The van der Waals surface area contributed by atoms with E-state index in [0.717, 1.165) is 0 Å². The van der Waals surface area contributed by atoms with E-state index in [1.165, 1.54) is 20.2 Å². The lowest BCUT2D eigenvalue weighted by atomic mass is 10.2. The molecule has 0 fully saturated rings. The van der Waals surface area contributed by atoms with Crippen LogP contribution in [0.4, 0.5) is 0 Å². The van der Waals surface area contributed by atoms with Gasteiger partial charge in [0.25, 0.3) is 0 Å². The van der Waals surface area contributed by atoms with Crippen LogP contribution in [0, 0.1) is 0 Å². The van der Waals surface area contributed by atoms with Crippen LogP contribution in [0.25, 0.3) is 20.2 Å². The third-order valence-corrected chi connectivity index (χ3v) is 3.55. The summed E-state index contributed by atoms with van der Waals surface area (Å²) < 4.78 is 2.71. The minimum atomic E-state index is 1.33. The summed E-state index contributed by atoms with van der Waals surface area (Å²) in [6, 6.07) is 19.3. The van der Waals surface area contributed by atoms with E-state index >= 15 is 0 Å². The van der Waals surface area contributed by atoms with E-state index in [4.69, 9.17) is 0 Å². The highest BCUT2D eigenvalue weighted by atomic mass is 32.1. The number of benzene rings is 2. The third kappa shape index (κ3) is 1.17. The van der Waals surface area contributed by atoms with Crippen LogP contribution in [0.5, 0.6) is 0 Å². The maximum Gasteiger partial charge on any atom is 0.238 e. The Kier molecular flexibility index (Phi) is 1.71. The van der Waals surface area contributed by atoms with Gasteiger partial charge in [0.15, 0.2) is 0 Å². The number of hydrogen-bond donors (Lipinski definition) is 0. The molecule has 0 radical (unpaired) electrons. The molecule has 0 saturated heterocycles. The second-order valence-corrected chi connectivity index (χ2v) is 4.41. The smallest absolute Gasteiger partial charge is 0.0613 e. The molecule has 1 heteroatoms. The van der Waals surface area contributed by atoms with E-state index in [-0.39, 0.29) is 0 Å². The molecule has 66 valence electrons. The lowest BCUT2D eigenvalue weighted by Crippen LogP contribution is -1.71. The van der Waals surface area contributed by atoms with Gasteiger partial charge in [-0.1, -0.05) is 24.3 Å². The molecule has 1 aromatic heterocycles. The van der Waals surface area contributed by atoms with Gasteiger partial charge in [0.1, 0.15) is 0 Å². The summed E-state index contributed by atoms with van der Waals surface area (Å²) >= 11 is 1.85. The summed E-state index contributed by atoms with van der Waals surface area (Å²) in [5.41, 5.74) is 0. The molecule has 0 spiro atoms. The summed E-state index contributed by atoms with van der Waals surface area (Å²) in [6.07, 6.45) is 0. The molecular formula is C13H9S+. The van der Waals surface area contributed by atoms with E-state index < -0.39 is 0 Å². The van der Waals surface area contributed by atoms with Gasteiger partial charge in [-0.05, 0) is 18.2 Å². The van der Waals surface area contributed by atoms with Crippen molar-refractivity contribution in [2.75, 3.05) is 0 Å². The molecule has 1 heterocycles. The van der Waals surface area contributed by atoms with E-state index in [0.29, 0.717) is 0 Å². The van der Waals surface area contributed by atoms with Gasteiger partial charge in [-0.3, -0.25) is 0 Å². The fraction of sp³-hybridized carbons (Fsp3) is 0. The van der Waals surface area contributed by atoms with Gasteiger partial charge >= 0.3 is 0 Å². The average molecular weight is 197 g/mol. The summed E-state index contributed by atoms with van der Waals surface area (Å²) in [6.45, 7) is 0. The Hall–Kier alpha value is -1.47. The van der Waals surface area contributed by atoms with Gasteiger partial charge in [0, 0.05) is 22.9 Å². The van der Waals surface area contributed by atoms with Gasteiger partial charge in [-0.15, -0.1) is 0 Å². The van der Waals surface area contributed by atoms with Crippen molar-refractivity contribution in [2.24, 2.45) is 0 Å². The van der Waals surface area contributed by atoms with Crippen molar-refractivity contribution < 1.29 is 0 Å². The third-order valence-electron chi connectivity index (χ3n) is 2.37. The van der Waals surface area contributed by atoms with Crippen molar-refractivity contribution in [1.29, 1.82) is 0 Å². The zero-order chi connectivity index (χ0) is 9.38. The monoisotopic (exact) mass is 197 g/mol. The van der Waals surface area contributed by atoms with Crippen LogP contribution >= 0.6 is 11.3 Å². The van der Waals surface area contributed by atoms with Gasteiger partial charge in [-0.25, -0.2) is 0 Å². The second kappa shape index (κ2) is 3.03. The molecule has 0 saturated carbocycles. The Morgan fingerprint density at radius 2 is 1.14 bits per heavy atom. The number of fused-ring (bicyclic) bond motifs is 2. The average Bonchev–Trinajstić information content (AvgIpc) is 2.26. The van der Waals surface area contributed by atoms with Crippen molar-refractivity contribution in [2.45, 2.75) is 0 Å². The molecule has 0 aliphatic rings. The quantitative estimate of drug-likeness (QED) is 0.371. The minimum Gasteiger partial charge on any atom is -0.0613 e. The molecule has 14 heavy (non-hydrogen) atoms. The highest BCUT2D eigenvalue weighted by molar-refractivity contribution is 7.24. The molecule has 3 rings (SSSR count). The van der Waals surface area contributed by atoms with Crippen molar-refractivity contribution in [3.05, 3.63) is 54.6 Å². The molecule has 0 amide bonds. The summed E-state index contributed by atoms with van der Waals surface area (Å²) in [4.78, 5) is 0. The van der Waals surface area contributed by atoms with Crippen LogP contribution in [0.3, 0.4) is 0 Å². The van der Waals surface area contributed by atoms with Gasteiger partial charge in [0.05, 0.1) is 0 Å². The Morgan fingerprint density at radius 1 is 0.643 bits per heavy atom. The van der Waals surface area contributed by atoms with E-state index in [2.05, 4.69) is 54.6 Å². The highest BCUT2D eigenvalue weighted by Gasteiger charge is 2.08. The normalized spacial score (nSPS) is 10.9. The van der Waals surface area contributed by atoms with Crippen molar-refractivity contribution in [3.63, 3.8) is 0 Å². The first-order chi connectivity index (χ1) is 6.93. The Bertz CT molecular complexity index is 494. The molecule has 0 N–H and O–H groups in total. The molecule has 0 unspecified atom stereocenters. The fourth-order valence-electron chi connectivity index (χ4n) is 1.67. The van der Waals surface area contributed by atoms with Gasteiger partial charge in [0.2, 0.25) is 20.7 Å². The molecule has 0 nitrogen and oxygen atoms in total. The maximum absolute atomic E-state index is 2.25.